The van der Waals surface area contributed by atoms with E-state index in [0.717, 1.165) is 23.4 Å². The number of nitrogens with one attached hydrogen (secondary N) is 1. The molecule has 1 saturated heterocycles. The predicted molar refractivity (Wildman–Crippen MR) is 101 cm³/mol. The third kappa shape index (κ3) is 3.60. The Kier molecular flexibility index (Phi) is 4.77. The molecule has 2 bridgehead atoms. The molecule has 0 amide bonds. The summed E-state index contributed by atoms with van der Waals surface area (Å²) in [5, 5.41) is 4.61. The van der Waals surface area contributed by atoms with Crippen molar-refractivity contribution in [2.75, 3.05) is 18.4 Å². The number of benzene rings is 2. The molecule has 1 aliphatic carbocycles. The Morgan fingerprint density at radius 1 is 0.917 bits per heavy atom. The van der Waals surface area contributed by atoms with Crippen molar-refractivity contribution in [3.8, 4) is 0 Å². The molecular weight excluding hydrogens is 316 g/mol. The van der Waals surface area contributed by atoms with Crippen molar-refractivity contribution in [1.82, 2.24) is 4.90 Å². The van der Waals surface area contributed by atoms with Crippen molar-refractivity contribution in [3.63, 3.8) is 0 Å². The monoisotopic (exact) mass is 340 g/mol. The average molecular weight is 341 g/mol. The molecule has 3 heteroatoms. The van der Waals surface area contributed by atoms with E-state index in [1.807, 2.05) is 12.1 Å². The van der Waals surface area contributed by atoms with Crippen LogP contribution < -0.4 is 5.32 Å². The van der Waals surface area contributed by atoms with Crippen molar-refractivity contribution in [3.05, 3.63) is 65.2 Å². The second kappa shape index (κ2) is 7.16. The van der Waals surface area contributed by atoms with Crippen molar-refractivity contribution < 1.29 is 0 Å². The molecule has 2 aromatic rings. The van der Waals surface area contributed by atoms with Gasteiger partial charge in [-0.05, 0) is 54.5 Å². The smallest absolute Gasteiger partial charge is 0.0407 e. The Labute approximate surface area is 149 Å². The van der Waals surface area contributed by atoms with Crippen LogP contribution in [-0.4, -0.2) is 24.0 Å². The quantitative estimate of drug-likeness (QED) is 0.837. The highest BCUT2D eigenvalue weighted by molar-refractivity contribution is 6.30. The van der Waals surface area contributed by atoms with E-state index in [9.17, 15) is 0 Å². The maximum atomic E-state index is 6.01. The van der Waals surface area contributed by atoms with E-state index in [1.54, 1.807) is 0 Å². The van der Waals surface area contributed by atoms with Crippen LogP contribution in [0.25, 0.3) is 0 Å². The first-order chi connectivity index (χ1) is 11.8. The molecule has 2 atom stereocenters. The summed E-state index contributed by atoms with van der Waals surface area (Å²) in [6, 6.07) is 19.6. The Morgan fingerprint density at radius 3 is 2.25 bits per heavy atom. The molecule has 0 aromatic heterocycles. The molecule has 2 fully saturated rings. The second-order valence-corrected chi connectivity index (χ2v) is 7.74. The van der Waals surface area contributed by atoms with Crippen LogP contribution >= 0.6 is 11.6 Å². The van der Waals surface area contributed by atoms with E-state index in [4.69, 9.17) is 11.6 Å². The maximum Gasteiger partial charge on any atom is 0.0407 e. The van der Waals surface area contributed by atoms with E-state index in [0.29, 0.717) is 6.04 Å². The van der Waals surface area contributed by atoms with Crippen LogP contribution in [0.1, 0.15) is 24.8 Å². The molecule has 2 unspecified atom stereocenters. The minimum absolute atomic E-state index is 0.604. The van der Waals surface area contributed by atoms with Gasteiger partial charge in [0.2, 0.25) is 0 Å². The Bertz CT molecular complexity index is 641. The van der Waals surface area contributed by atoms with E-state index in [-0.39, 0.29) is 0 Å². The first-order valence-electron chi connectivity index (χ1n) is 9.06. The first kappa shape index (κ1) is 16.0. The van der Waals surface area contributed by atoms with Gasteiger partial charge in [-0.3, -0.25) is 4.90 Å². The maximum absolute atomic E-state index is 6.01. The number of hydrogen-bond donors (Lipinski definition) is 1. The van der Waals surface area contributed by atoms with Crippen LogP contribution in [0.3, 0.4) is 0 Å². The van der Waals surface area contributed by atoms with Crippen LogP contribution in [0.2, 0.25) is 5.02 Å². The van der Waals surface area contributed by atoms with Crippen molar-refractivity contribution in [2.45, 2.75) is 31.8 Å². The van der Waals surface area contributed by atoms with Gasteiger partial charge in [0.15, 0.2) is 0 Å². The van der Waals surface area contributed by atoms with Crippen LogP contribution in [0.15, 0.2) is 54.6 Å². The molecule has 1 saturated carbocycles. The molecule has 1 aliphatic heterocycles. The summed E-state index contributed by atoms with van der Waals surface area (Å²) in [6.07, 6.45) is 4.06. The third-order valence-electron chi connectivity index (χ3n) is 5.58. The highest BCUT2D eigenvalue weighted by atomic mass is 35.5. The summed E-state index contributed by atoms with van der Waals surface area (Å²) in [6.45, 7) is 3.49. The zero-order valence-electron chi connectivity index (χ0n) is 14.0. The Balaban J connectivity index is 1.44. The van der Waals surface area contributed by atoms with Crippen LogP contribution in [0.5, 0.6) is 0 Å². The van der Waals surface area contributed by atoms with Crippen LogP contribution in [0, 0.1) is 11.8 Å². The van der Waals surface area contributed by atoms with Gasteiger partial charge in [0, 0.05) is 36.4 Å². The molecular formula is C21H25ClN2. The number of anilines is 1. The minimum atomic E-state index is 0.604. The van der Waals surface area contributed by atoms with Gasteiger partial charge in [0.25, 0.3) is 0 Å². The highest BCUT2D eigenvalue weighted by Crippen LogP contribution is 2.37. The first-order valence-corrected chi connectivity index (χ1v) is 9.44. The summed E-state index contributed by atoms with van der Waals surface area (Å²) in [5.41, 5.74) is 2.64. The van der Waals surface area contributed by atoms with E-state index >= 15 is 0 Å². The van der Waals surface area contributed by atoms with Gasteiger partial charge in [0.1, 0.15) is 0 Å². The summed E-state index contributed by atoms with van der Waals surface area (Å²) < 4.78 is 0. The van der Waals surface area contributed by atoms with Gasteiger partial charge < -0.3 is 5.32 Å². The van der Waals surface area contributed by atoms with Crippen molar-refractivity contribution in [2.24, 2.45) is 11.8 Å². The summed E-state index contributed by atoms with van der Waals surface area (Å²) in [7, 11) is 0. The number of nitrogens with zero attached hydrogens (tertiary/aromatic N) is 1. The molecule has 1 heterocycles. The predicted octanol–water partition coefficient (Wildman–Crippen LogP) is 5.05. The molecule has 2 nitrogen and oxygen atoms in total. The fourth-order valence-corrected chi connectivity index (χ4v) is 4.60. The lowest BCUT2D eigenvalue weighted by molar-refractivity contribution is 0.0670. The van der Waals surface area contributed by atoms with Gasteiger partial charge in [-0.25, -0.2) is 0 Å². The number of piperidine rings is 1. The molecule has 2 aliphatic rings. The van der Waals surface area contributed by atoms with Crippen molar-refractivity contribution >= 4 is 17.3 Å². The van der Waals surface area contributed by atoms with Gasteiger partial charge in [0.05, 0.1) is 0 Å². The van der Waals surface area contributed by atoms with Crippen LogP contribution in [0.4, 0.5) is 5.69 Å². The number of hydrogen-bond acceptors (Lipinski definition) is 2. The molecule has 0 spiro atoms. The topological polar surface area (TPSA) is 15.3 Å². The van der Waals surface area contributed by atoms with Crippen LogP contribution in [-0.2, 0) is 6.54 Å². The lowest BCUT2D eigenvalue weighted by Crippen LogP contribution is -2.54. The van der Waals surface area contributed by atoms with E-state index in [1.165, 1.54) is 43.6 Å². The zero-order valence-corrected chi connectivity index (χ0v) is 14.8. The summed E-state index contributed by atoms with van der Waals surface area (Å²) >= 11 is 6.01. The van der Waals surface area contributed by atoms with Gasteiger partial charge in [-0.2, -0.15) is 0 Å². The van der Waals surface area contributed by atoms with Gasteiger partial charge >= 0.3 is 0 Å². The molecule has 24 heavy (non-hydrogen) atoms. The number of likely N-dealkylation sites (tertiary alicyclic amines) is 1. The Morgan fingerprint density at radius 2 is 1.58 bits per heavy atom. The van der Waals surface area contributed by atoms with E-state index < -0.39 is 0 Å². The largest absolute Gasteiger partial charge is 0.382 e. The Hall–Kier alpha value is -1.51. The lowest BCUT2D eigenvalue weighted by atomic mass is 9.73. The summed E-state index contributed by atoms with van der Waals surface area (Å²) in [4.78, 5) is 2.66. The van der Waals surface area contributed by atoms with Crippen molar-refractivity contribution in [1.29, 1.82) is 0 Å². The second-order valence-electron chi connectivity index (χ2n) is 7.31. The molecule has 1 N–H and O–H groups in total. The fourth-order valence-electron chi connectivity index (χ4n) is 4.48. The SMILES string of the molecule is Clc1ccc(NC2C3CCCC2CN(Cc2ccccc2)C3)cc1. The number of rotatable bonds is 4. The summed E-state index contributed by atoms with van der Waals surface area (Å²) in [5.74, 6) is 1.49. The molecule has 2 aromatic carbocycles. The third-order valence-corrected chi connectivity index (χ3v) is 5.83. The zero-order chi connectivity index (χ0) is 16.4. The number of fused-ring (bicyclic) bond motifs is 2. The standard InChI is InChI=1S/C21H25ClN2/c22-19-9-11-20(12-10-19)23-21-17-7-4-8-18(21)15-24(14-17)13-16-5-2-1-3-6-16/h1-3,5-6,9-12,17-18,21,23H,4,7-8,13-15H2. The average Bonchev–Trinajstić information content (AvgIpc) is 2.58. The molecule has 4 rings (SSSR count). The molecule has 0 radical (unpaired) electrons. The van der Waals surface area contributed by atoms with E-state index in [2.05, 4.69) is 52.7 Å². The number of halogens is 1. The molecule has 126 valence electrons. The fraction of sp³-hybridized carbons (Fsp3) is 0.429. The normalized spacial score (nSPS) is 27.0. The minimum Gasteiger partial charge on any atom is -0.382 e. The lowest BCUT2D eigenvalue weighted by Gasteiger charge is -2.48. The van der Waals surface area contributed by atoms with Gasteiger partial charge in [-0.1, -0.05) is 48.4 Å². The van der Waals surface area contributed by atoms with Gasteiger partial charge in [-0.15, -0.1) is 0 Å². The highest BCUT2D eigenvalue weighted by Gasteiger charge is 2.39.